The molecule has 1 aliphatic heterocycles. The van der Waals surface area contributed by atoms with Crippen LogP contribution in [-0.2, 0) is 11.3 Å². The Kier molecular flexibility index (Phi) is 4.72. The third-order valence-electron chi connectivity index (χ3n) is 3.36. The molecule has 1 saturated heterocycles. The Morgan fingerprint density at radius 1 is 1.52 bits per heavy atom. The lowest BCUT2D eigenvalue weighted by atomic mass is 10.0. The number of aliphatic carboxylic acids is 1. The molecule has 0 atom stereocenters. The summed E-state index contributed by atoms with van der Waals surface area (Å²) >= 11 is 0. The Morgan fingerprint density at radius 3 is 2.86 bits per heavy atom. The van der Waals surface area contributed by atoms with Crippen LogP contribution in [0.3, 0.4) is 0 Å². The first-order chi connectivity index (χ1) is 10.1. The molecule has 7 nitrogen and oxygen atoms in total. The third kappa shape index (κ3) is 3.69. The number of carboxylic acid groups (broad SMARTS) is 1. The van der Waals surface area contributed by atoms with Crippen LogP contribution in [-0.4, -0.2) is 51.5 Å². The molecule has 1 aliphatic rings. The van der Waals surface area contributed by atoms with Crippen LogP contribution in [0.25, 0.3) is 0 Å². The van der Waals surface area contributed by atoms with Crippen molar-refractivity contribution < 1.29 is 14.7 Å². The van der Waals surface area contributed by atoms with Gasteiger partial charge in [0.15, 0.2) is 0 Å². The van der Waals surface area contributed by atoms with Gasteiger partial charge in [-0.3, -0.25) is 9.78 Å². The molecule has 0 unspecified atom stereocenters. The van der Waals surface area contributed by atoms with Gasteiger partial charge in [0.2, 0.25) is 0 Å². The summed E-state index contributed by atoms with van der Waals surface area (Å²) in [6.07, 6.45) is 3.56. The first-order valence-electron chi connectivity index (χ1n) is 6.64. The summed E-state index contributed by atoms with van der Waals surface area (Å²) in [4.78, 5) is 30.2. The van der Waals surface area contributed by atoms with Crippen molar-refractivity contribution in [3.63, 3.8) is 0 Å². The second kappa shape index (κ2) is 6.70. The van der Waals surface area contributed by atoms with Gasteiger partial charge in [0, 0.05) is 38.6 Å². The molecule has 2 rings (SSSR count). The molecule has 1 N–H and O–H groups in total. The second-order valence-corrected chi connectivity index (χ2v) is 4.91. The van der Waals surface area contributed by atoms with Crippen molar-refractivity contribution >= 4 is 12.0 Å². The van der Waals surface area contributed by atoms with Crippen LogP contribution >= 0.6 is 0 Å². The summed E-state index contributed by atoms with van der Waals surface area (Å²) in [6.45, 7) is 1.13. The fourth-order valence-corrected chi connectivity index (χ4v) is 2.13. The Bertz CT molecular complexity index is 549. The minimum Gasteiger partial charge on any atom is -0.481 e. The topological polar surface area (TPSA) is 97.5 Å². The number of carboxylic acids is 1. The van der Waals surface area contributed by atoms with E-state index in [1.807, 2.05) is 12.1 Å². The zero-order valence-electron chi connectivity index (χ0n) is 11.5. The number of aromatic nitrogens is 1. The molecule has 2 heterocycles. The lowest BCUT2D eigenvalue weighted by Crippen LogP contribution is -2.57. The molecule has 21 heavy (non-hydrogen) atoms. The maximum atomic E-state index is 12.3. The quantitative estimate of drug-likeness (QED) is 0.869. The summed E-state index contributed by atoms with van der Waals surface area (Å²) in [7, 11) is 0. The van der Waals surface area contributed by atoms with Crippen molar-refractivity contribution in [2.45, 2.75) is 13.0 Å². The minimum atomic E-state index is -0.880. The van der Waals surface area contributed by atoms with Crippen LogP contribution < -0.4 is 0 Å². The fourth-order valence-electron chi connectivity index (χ4n) is 2.13. The van der Waals surface area contributed by atoms with Crippen molar-refractivity contribution in [2.75, 3.05) is 19.6 Å². The molecule has 0 radical (unpaired) electrons. The van der Waals surface area contributed by atoms with Crippen molar-refractivity contribution in [1.82, 2.24) is 14.8 Å². The molecule has 110 valence electrons. The smallest absolute Gasteiger partial charge is 0.320 e. The van der Waals surface area contributed by atoms with Crippen molar-refractivity contribution in [3.05, 3.63) is 30.1 Å². The number of urea groups is 1. The molecule has 0 bridgehead atoms. The molecule has 1 fully saturated rings. The van der Waals surface area contributed by atoms with Crippen molar-refractivity contribution in [1.29, 1.82) is 5.26 Å². The number of hydrogen-bond donors (Lipinski definition) is 1. The highest BCUT2D eigenvalue weighted by atomic mass is 16.4. The molecule has 1 aromatic heterocycles. The molecule has 1 aromatic rings. The minimum absolute atomic E-state index is 0.226. The van der Waals surface area contributed by atoms with E-state index >= 15 is 0 Å². The van der Waals surface area contributed by atoms with Gasteiger partial charge in [-0.05, 0) is 11.6 Å². The number of hydrogen-bond acceptors (Lipinski definition) is 4. The summed E-state index contributed by atoms with van der Waals surface area (Å²) in [5, 5.41) is 17.5. The highest BCUT2D eigenvalue weighted by molar-refractivity contribution is 5.79. The number of nitriles is 1. The van der Waals surface area contributed by atoms with E-state index in [0.29, 0.717) is 13.1 Å². The van der Waals surface area contributed by atoms with Crippen molar-refractivity contribution in [3.8, 4) is 6.07 Å². The van der Waals surface area contributed by atoms with Gasteiger partial charge in [0.25, 0.3) is 0 Å². The second-order valence-electron chi connectivity index (χ2n) is 4.91. The van der Waals surface area contributed by atoms with Crippen LogP contribution in [0.15, 0.2) is 24.5 Å². The maximum absolute atomic E-state index is 12.3. The standard InChI is InChI=1S/C14H16N4O3/c15-4-2-6-17(8-11-3-1-5-16-7-11)14(21)18-9-12(10-18)13(19)20/h1,3,5,7,12H,2,6,8-10H2,(H,19,20). The zero-order chi connectivity index (χ0) is 15.2. The number of pyridine rings is 1. The van der Waals surface area contributed by atoms with Gasteiger partial charge < -0.3 is 14.9 Å². The van der Waals surface area contributed by atoms with Gasteiger partial charge in [-0.1, -0.05) is 6.07 Å². The molecular weight excluding hydrogens is 272 g/mol. The van der Waals surface area contributed by atoms with E-state index in [9.17, 15) is 9.59 Å². The van der Waals surface area contributed by atoms with E-state index in [1.54, 1.807) is 23.4 Å². The van der Waals surface area contributed by atoms with Crippen molar-refractivity contribution in [2.24, 2.45) is 5.92 Å². The van der Waals surface area contributed by atoms with E-state index in [4.69, 9.17) is 10.4 Å². The van der Waals surface area contributed by atoms with Gasteiger partial charge in [-0.25, -0.2) is 4.79 Å². The molecule has 7 heteroatoms. The summed E-state index contributed by atoms with van der Waals surface area (Å²) in [5.41, 5.74) is 0.874. The van der Waals surface area contributed by atoms with Crippen LogP contribution in [0.4, 0.5) is 4.79 Å². The van der Waals surface area contributed by atoms with Crippen LogP contribution in [0.2, 0.25) is 0 Å². The lowest BCUT2D eigenvalue weighted by Gasteiger charge is -2.39. The van der Waals surface area contributed by atoms with Gasteiger partial charge in [-0.2, -0.15) is 5.26 Å². The molecule has 0 aliphatic carbocycles. The molecule has 2 amide bonds. The predicted octanol–water partition coefficient (Wildman–Crippen LogP) is 0.934. The number of likely N-dealkylation sites (tertiary alicyclic amines) is 1. The van der Waals surface area contributed by atoms with E-state index in [0.717, 1.165) is 5.56 Å². The first-order valence-corrected chi connectivity index (χ1v) is 6.64. The first kappa shape index (κ1) is 14.8. The lowest BCUT2D eigenvalue weighted by molar-refractivity contribution is -0.146. The average Bonchev–Trinajstić information content (AvgIpc) is 2.42. The SMILES string of the molecule is N#CCCN(Cc1cccnc1)C(=O)N1CC(C(=O)O)C1. The number of nitrogens with zero attached hydrogens (tertiary/aromatic N) is 4. The van der Waals surface area contributed by atoms with E-state index in [2.05, 4.69) is 4.98 Å². The Morgan fingerprint density at radius 2 is 2.29 bits per heavy atom. The Labute approximate surface area is 122 Å². The Balaban J connectivity index is 1.98. The molecular formula is C14H16N4O3. The number of carbonyl (C=O) groups excluding carboxylic acids is 1. The normalized spacial score (nSPS) is 14.1. The van der Waals surface area contributed by atoms with Gasteiger partial charge >= 0.3 is 12.0 Å². The molecule has 0 spiro atoms. The monoisotopic (exact) mass is 288 g/mol. The van der Waals surface area contributed by atoms with E-state index in [-0.39, 0.29) is 25.5 Å². The molecule has 0 aromatic carbocycles. The van der Waals surface area contributed by atoms with Crippen LogP contribution in [0.1, 0.15) is 12.0 Å². The van der Waals surface area contributed by atoms with Gasteiger partial charge in [-0.15, -0.1) is 0 Å². The van der Waals surface area contributed by atoms with Crippen LogP contribution in [0.5, 0.6) is 0 Å². The number of amides is 2. The number of rotatable bonds is 5. The highest BCUT2D eigenvalue weighted by Crippen LogP contribution is 2.19. The zero-order valence-corrected chi connectivity index (χ0v) is 11.5. The van der Waals surface area contributed by atoms with E-state index < -0.39 is 11.9 Å². The van der Waals surface area contributed by atoms with Gasteiger partial charge in [0.05, 0.1) is 18.4 Å². The average molecular weight is 288 g/mol. The molecule has 0 saturated carbocycles. The number of carbonyl (C=O) groups is 2. The summed E-state index contributed by atoms with van der Waals surface area (Å²) in [5.74, 6) is -1.36. The van der Waals surface area contributed by atoms with Crippen LogP contribution in [0, 0.1) is 17.2 Å². The summed E-state index contributed by atoms with van der Waals surface area (Å²) < 4.78 is 0. The van der Waals surface area contributed by atoms with Gasteiger partial charge in [0.1, 0.15) is 0 Å². The highest BCUT2D eigenvalue weighted by Gasteiger charge is 2.37. The van der Waals surface area contributed by atoms with E-state index in [1.165, 1.54) is 4.90 Å². The Hall–Kier alpha value is -2.62. The third-order valence-corrected chi connectivity index (χ3v) is 3.36. The summed E-state index contributed by atoms with van der Waals surface area (Å²) in [6, 6.07) is 5.43. The fraction of sp³-hybridized carbons (Fsp3) is 0.429. The maximum Gasteiger partial charge on any atom is 0.320 e. The largest absolute Gasteiger partial charge is 0.481 e. The predicted molar refractivity (Wildman–Crippen MR) is 73.0 cm³/mol.